The molecular weight excluding hydrogens is 404 g/mol. The lowest BCUT2D eigenvalue weighted by atomic mass is 9.94. The Balaban J connectivity index is 2.06. The van der Waals surface area contributed by atoms with Crippen LogP contribution in [0, 0.1) is 6.92 Å². The van der Waals surface area contributed by atoms with Gasteiger partial charge in [0.1, 0.15) is 0 Å². The molecule has 33 heavy (non-hydrogen) atoms. The SMILES string of the molecule is Cc1ccc(-c2c(-c3ccccc3)c(C(=O)Nc3ccccc3)c(C(C)C)n2C(C)C)cc1. The quantitative estimate of drug-likeness (QED) is 0.325. The van der Waals surface area contributed by atoms with Crippen molar-refractivity contribution in [2.45, 2.75) is 46.6 Å². The van der Waals surface area contributed by atoms with Crippen LogP contribution in [0.3, 0.4) is 0 Å². The third-order valence-corrected chi connectivity index (χ3v) is 5.95. The standard InChI is InChI=1S/C30H32N2O/c1-20(2)28-27(30(33)31-25-14-10-7-11-15-25)26(23-12-8-6-9-13-23)29(32(28)21(3)4)24-18-16-22(5)17-19-24/h6-21H,1-5H3,(H,31,33). The van der Waals surface area contributed by atoms with Gasteiger partial charge in [-0.05, 0) is 49.9 Å². The Hall–Kier alpha value is -3.59. The summed E-state index contributed by atoms with van der Waals surface area (Å²) in [4.78, 5) is 13.9. The second kappa shape index (κ2) is 9.50. The van der Waals surface area contributed by atoms with Crippen LogP contribution in [0.4, 0.5) is 5.69 Å². The number of para-hydroxylation sites is 1. The molecule has 3 heteroatoms. The highest BCUT2D eigenvalue weighted by atomic mass is 16.1. The molecule has 0 spiro atoms. The summed E-state index contributed by atoms with van der Waals surface area (Å²) in [6.45, 7) is 10.8. The summed E-state index contributed by atoms with van der Waals surface area (Å²) in [5.74, 6) is 0.0992. The Morgan fingerprint density at radius 1 is 0.758 bits per heavy atom. The molecule has 0 saturated heterocycles. The summed E-state index contributed by atoms with van der Waals surface area (Å²) in [5.41, 5.74) is 8.08. The summed E-state index contributed by atoms with van der Waals surface area (Å²) in [5, 5.41) is 3.15. The van der Waals surface area contributed by atoms with Crippen molar-refractivity contribution in [2.75, 3.05) is 5.32 Å². The van der Waals surface area contributed by atoms with E-state index in [2.05, 4.69) is 80.9 Å². The van der Waals surface area contributed by atoms with Gasteiger partial charge in [0.25, 0.3) is 5.91 Å². The smallest absolute Gasteiger partial charge is 0.258 e. The van der Waals surface area contributed by atoms with E-state index in [-0.39, 0.29) is 17.9 Å². The predicted octanol–water partition coefficient (Wildman–Crippen LogP) is 8.09. The van der Waals surface area contributed by atoms with Crippen LogP contribution in [0.1, 0.15) is 61.3 Å². The molecule has 0 aliphatic heterocycles. The number of rotatable bonds is 6. The lowest BCUT2D eigenvalue weighted by Crippen LogP contribution is -2.17. The molecule has 0 bridgehead atoms. The van der Waals surface area contributed by atoms with Crippen molar-refractivity contribution in [3.8, 4) is 22.4 Å². The molecular formula is C30H32N2O. The van der Waals surface area contributed by atoms with Gasteiger partial charge in [0.05, 0.1) is 11.3 Å². The number of anilines is 1. The van der Waals surface area contributed by atoms with E-state index >= 15 is 0 Å². The largest absolute Gasteiger partial charge is 0.341 e. The van der Waals surface area contributed by atoms with E-state index in [0.717, 1.165) is 39.3 Å². The van der Waals surface area contributed by atoms with Crippen molar-refractivity contribution in [1.29, 1.82) is 0 Å². The Morgan fingerprint density at radius 3 is 1.88 bits per heavy atom. The zero-order chi connectivity index (χ0) is 23.5. The zero-order valence-electron chi connectivity index (χ0n) is 20.1. The second-order valence-electron chi connectivity index (χ2n) is 9.15. The summed E-state index contributed by atoms with van der Waals surface area (Å²) < 4.78 is 2.36. The van der Waals surface area contributed by atoms with Crippen LogP contribution >= 0.6 is 0 Å². The molecule has 4 aromatic rings. The van der Waals surface area contributed by atoms with E-state index in [1.54, 1.807) is 0 Å². The second-order valence-corrected chi connectivity index (χ2v) is 9.15. The average Bonchev–Trinajstić information content (AvgIpc) is 3.18. The highest BCUT2D eigenvalue weighted by Gasteiger charge is 2.31. The molecule has 0 unspecified atom stereocenters. The van der Waals surface area contributed by atoms with Crippen LogP contribution in [-0.2, 0) is 0 Å². The molecule has 0 aliphatic carbocycles. The Bertz CT molecular complexity index is 1230. The first kappa shape index (κ1) is 22.6. The first-order valence-electron chi connectivity index (χ1n) is 11.7. The molecule has 1 amide bonds. The highest BCUT2D eigenvalue weighted by molar-refractivity contribution is 6.12. The molecule has 0 saturated carbocycles. The van der Waals surface area contributed by atoms with Gasteiger partial charge >= 0.3 is 0 Å². The number of aromatic nitrogens is 1. The Kier molecular flexibility index (Phi) is 6.50. The van der Waals surface area contributed by atoms with Crippen molar-refractivity contribution in [3.63, 3.8) is 0 Å². The topological polar surface area (TPSA) is 34.0 Å². The third-order valence-electron chi connectivity index (χ3n) is 5.95. The van der Waals surface area contributed by atoms with Gasteiger partial charge in [-0.3, -0.25) is 4.79 Å². The molecule has 3 nitrogen and oxygen atoms in total. The maximum Gasteiger partial charge on any atom is 0.258 e. The van der Waals surface area contributed by atoms with Gasteiger partial charge in [0, 0.05) is 23.0 Å². The van der Waals surface area contributed by atoms with E-state index in [0.29, 0.717) is 0 Å². The van der Waals surface area contributed by atoms with Gasteiger partial charge in [-0.25, -0.2) is 0 Å². The Morgan fingerprint density at radius 2 is 1.33 bits per heavy atom. The number of amides is 1. The number of carbonyl (C=O) groups is 1. The summed E-state index contributed by atoms with van der Waals surface area (Å²) >= 11 is 0. The monoisotopic (exact) mass is 436 g/mol. The van der Waals surface area contributed by atoms with Crippen molar-refractivity contribution in [1.82, 2.24) is 4.57 Å². The van der Waals surface area contributed by atoms with Crippen molar-refractivity contribution < 1.29 is 4.79 Å². The summed E-state index contributed by atoms with van der Waals surface area (Å²) in [7, 11) is 0. The Labute approximate surface area is 197 Å². The number of aryl methyl sites for hydroxylation is 1. The zero-order valence-corrected chi connectivity index (χ0v) is 20.1. The van der Waals surface area contributed by atoms with Crippen LogP contribution in [-0.4, -0.2) is 10.5 Å². The molecule has 4 rings (SSSR count). The van der Waals surface area contributed by atoms with Crippen LogP contribution in [0.5, 0.6) is 0 Å². The number of hydrogen-bond acceptors (Lipinski definition) is 1. The first-order valence-corrected chi connectivity index (χ1v) is 11.7. The van der Waals surface area contributed by atoms with Crippen LogP contribution in [0.25, 0.3) is 22.4 Å². The number of carbonyl (C=O) groups excluding carboxylic acids is 1. The highest BCUT2D eigenvalue weighted by Crippen LogP contribution is 2.44. The maximum absolute atomic E-state index is 13.9. The molecule has 0 radical (unpaired) electrons. The van der Waals surface area contributed by atoms with Gasteiger partial charge in [-0.15, -0.1) is 0 Å². The molecule has 0 fully saturated rings. The summed E-state index contributed by atoms with van der Waals surface area (Å²) in [6, 6.07) is 28.8. The van der Waals surface area contributed by atoms with E-state index < -0.39 is 0 Å². The molecule has 3 aromatic carbocycles. The molecule has 1 heterocycles. The maximum atomic E-state index is 13.9. The van der Waals surface area contributed by atoms with E-state index in [1.807, 2.05) is 48.5 Å². The van der Waals surface area contributed by atoms with E-state index in [9.17, 15) is 4.79 Å². The van der Waals surface area contributed by atoms with Crippen molar-refractivity contribution >= 4 is 11.6 Å². The van der Waals surface area contributed by atoms with Crippen LogP contribution < -0.4 is 5.32 Å². The fraction of sp³-hybridized carbons (Fsp3) is 0.233. The van der Waals surface area contributed by atoms with Gasteiger partial charge in [-0.1, -0.05) is 92.2 Å². The molecule has 0 aliphatic rings. The van der Waals surface area contributed by atoms with Gasteiger partial charge in [-0.2, -0.15) is 0 Å². The molecule has 0 atom stereocenters. The lowest BCUT2D eigenvalue weighted by molar-refractivity contribution is 0.102. The lowest BCUT2D eigenvalue weighted by Gasteiger charge is -2.20. The number of hydrogen-bond donors (Lipinski definition) is 1. The minimum absolute atomic E-state index is 0.0727. The first-order chi connectivity index (χ1) is 15.9. The third kappa shape index (κ3) is 4.49. The number of nitrogens with one attached hydrogen (secondary N) is 1. The van der Waals surface area contributed by atoms with E-state index in [4.69, 9.17) is 0 Å². The van der Waals surface area contributed by atoms with E-state index in [1.165, 1.54) is 5.56 Å². The predicted molar refractivity (Wildman–Crippen MR) is 139 cm³/mol. The van der Waals surface area contributed by atoms with Crippen LogP contribution in [0.15, 0.2) is 84.9 Å². The number of benzene rings is 3. The molecule has 168 valence electrons. The minimum atomic E-state index is -0.0727. The fourth-order valence-electron chi connectivity index (χ4n) is 4.54. The minimum Gasteiger partial charge on any atom is -0.341 e. The van der Waals surface area contributed by atoms with Crippen LogP contribution in [0.2, 0.25) is 0 Å². The van der Waals surface area contributed by atoms with Crippen molar-refractivity contribution in [2.24, 2.45) is 0 Å². The molecule has 1 aromatic heterocycles. The van der Waals surface area contributed by atoms with Crippen molar-refractivity contribution in [3.05, 3.63) is 102 Å². The van der Waals surface area contributed by atoms with Gasteiger partial charge in [0.2, 0.25) is 0 Å². The molecule has 1 N–H and O–H groups in total. The average molecular weight is 437 g/mol. The van der Waals surface area contributed by atoms with Gasteiger partial charge < -0.3 is 9.88 Å². The summed E-state index contributed by atoms with van der Waals surface area (Å²) in [6.07, 6.45) is 0. The number of nitrogens with zero attached hydrogens (tertiary/aromatic N) is 1. The fourth-order valence-corrected chi connectivity index (χ4v) is 4.54. The normalized spacial score (nSPS) is 11.2. The van der Waals surface area contributed by atoms with Gasteiger partial charge in [0.15, 0.2) is 0 Å².